The highest BCUT2D eigenvalue weighted by Crippen LogP contribution is 2.36. The molecule has 7 aliphatic heterocycles. The molecule has 12 bridgehead atoms. The van der Waals surface area contributed by atoms with Crippen LogP contribution in [0, 0.1) is 0 Å². The third-order valence-corrected chi connectivity index (χ3v) is 9.94. The largest absolute Gasteiger partial charge is 0.456 e. The number of aryl methyl sites for hydroxylation is 4. The van der Waals surface area contributed by atoms with Gasteiger partial charge in [-0.15, -0.1) is 0 Å². The van der Waals surface area contributed by atoms with E-state index in [9.17, 15) is 0 Å². The first kappa shape index (κ1) is 32.7. The minimum Gasteiger partial charge on any atom is -0.456 e. The molecule has 2 nitrogen and oxygen atoms in total. The van der Waals surface area contributed by atoms with E-state index >= 15 is 0 Å². The normalized spacial score (nSPS) is 13.8. The molecule has 0 amide bonds. The number of benzene rings is 4. The molecular weight excluding hydrogens is 597 g/mol. The third kappa shape index (κ3) is 7.92. The van der Waals surface area contributed by atoms with E-state index in [1.54, 1.807) is 0 Å². The van der Waals surface area contributed by atoms with Gasteiger partial charge in [0.25, 0.3) is 0 Å². The second kappa shape index (κ2) is 15.6. The molecular formula is C47H48O2. The molecule has 13 rings (SSSR count). The topological polar surface area (TPSA) is 26.3 Å². The second-order valence-electron chi connectivity index (χ2n) is 13.7. The average Bonchev–Trinajstić information content (AvgIpc) is 3.78. The highest BCUT2D eigenvalue weighted by molar-refractivity contribution is 5.75. The number of unbranched alkanes of at least 4 members (excludes halogenated alkanes) is 2. The van der Waals surface area contributed by atoms with Crippen molar-refractivity contribution in [3.63, 3.8) is 0 Å². The summed E-state index contributed by atoms with van der Waals surface area (Å²) in [5, 5.41) is 0. The maximum Gasteiger partial charge on any atom is 0.137 e. The predicted octanol–water partition coefficient (Wildman–Crippen LogP) is 13.7. The summed E-state index contributed by atoms with van der Waals surface area (Å²) in [7, 11) is 0. The molecule has 9 heterocycles. The van der Waals surface area contributed by atoms with E-state index in [-0.39, 0.29) is 0 Å². The summed E-state index contributed by atoms with van der Waals surface area (Å²) in [6.45, 7) is 4.50. The first-order valence-electron chi connectivity index (χ1n) is 18.5. The fourth-order valence-corrected chi connectivity index (χ4v) is 6.93. The van der Waals surface area contributed by atoms with Crippen molar-refractivity contribution >= 4 is 12.2 Å². The lowest BCUT2D eigenvalue weighted by Crippen LogP contribution is -1.90. The van der Waals surface area contributed by atoms with Crippen molar-refractivity contribution in [1.29, 1.82) is 0 Å². The molecule has 0 saturated carbocycles. The lowest BCUT2D eigenvalue weighted by molar-refractivity contribution is 0.592. The summed E-state index contributed by atoms with van der Waals surface area (Å²) in [5.41, 5.74) is 12.3. The van der Waals surface area contributed by atoms with Crippen molar-refractivity contribution in [2.75, 3.05) is 0 Å². The van der Waals surface area contributed by atoms with Gasteiger partial charge in [0.15, 0.2) is 0 Å². The fourth-order valence-electron chi connectivity index (χ4n) is 6.93. The van der Waals surface area contributed by atoms with Crippen LogP contribution in [0.2, 0.25) is 0 Å². The molecule has 0 atom stereocenters. The molecule has 2 aromatic heterocycles. The lowest BCUT2D eigenvalue weighted by atomic mass is 9.99. The van der Waals surface area contributed by atoms with Gasteiger partial charge in [-0.3, -0.25) is 0 Å². The van der Waals surface area contributed by atoms with Crippen LogP contribution < -0.4 is 0 Å². The summed E-state index contributed by atoms with van der Waals surface area (Å²) in [6, 6.07) is 40.1. The summed E-state index contributed by atoms with van der Waals surface area (Å²) < 4.78 is 13.2. The number of hydrogen-bond donors (Lipinski definition) is 0. The Labute approximate surface area is 292 Å². The van der Waals surface area contributed by atoms with Gasteiger partial charge in [0.2, 0.25) is 0 Å². The van der Waals surface area contributed by atoms with E-state index in [0.717, 1.165) is 96.7 Å². The van der Waals surface area contributed by atoms with Crippen LogP contribution in [0.5, 0.6) is 0 Å². The van der Waals surface area contributed by atoms with E-state index in [1.807, 2.05) is 0 Å². The van der Waals surface area contributed by atoms with Gasteiger partial charge in [0, 0.05) is 22.3 Å². The highest BCUT2D eigenvalue weighted by Gasteiger charge is 2.16. The quantitative estimate of drug-likeness (QED) is 0.180. The van der Waals surface area contributed by atoms with Gasteiger partial charge < -0.3 is 8.83 Å². The Morgan fingerprint density at radius 1 is 0.449 bits per heavy atom. The summed E-state index contributed by atoms with van der Waals surface area (Å²) in [4.78, 5) is 0. The van der Waals surface area contributed by atoms with Crippen LogP contribution in [0.4, 0.5) is 0 Å². The van der Waals surface area contributed by atoms with Crippen LogP contribution in [0.15, 0.2) is 118 Å². The van der Waals surface area contributed by atoms with Gasteiger partial charge in [-0.2, -0.15) is 0 Å². The van der Waals surface area contributed by atoms with E-state index in [4.69, 9.17) is 8.83 Å². The molecule has 0 N–H and O–H groups in total. The van der Waals surface area contributed by atoms with Crippen LogP contribution in [0.25, 0.3) is 57.4 Å². The molecule has 0 aliphatic carbocycles. The number of rotatable bonds is 6. The van der Waals surface area contributed by atoms with Crippen molar-refractivity contribution in [3.05, 3.63) is 143 Å². The fraction of sp³-hybridized carbons (Fsp3) is 0.277. The molecule has 2 heteroatoms. The van der Waals surface area contributed by atoms with Crippen molar-refractivity contribution in [1.82, 2.24) is 0 Å². The standard InChI is InChI=1S/C47H48O2/c1-3-5-12-42-32-44-38-24-16-36(17-25-38)14-15-37-18-26-39(27-19-37)45-33-43(13-6-4-2)47(49-45)41-30-22-35(23-31-41)11-9-7-8-10-34-20-28-40(29-21-34)46(42)48-44/h14-33H,3-13H2,1-2H3/b15-14-. The first-order chi connectivity index (χ1) is 24.2. The van der Waals surface area contributed by atoms with E-state index in [0.29, 0.717) is 0 Å². The molecule has 0 fully saturated rings. The summed E-state index contributed by atoms with van der Waals surface area (Å²) in [6.07, 6.45) is 16.9. The van der Waals surface area contributed by atoms with Gasteiger partial charge in [-0.1, -0.05) is 142 Å². The van der Waals surface area contributed by atoms with Crippen LogP contribution in [-0.2, 0) is 25.7 Å². The second-order valence-corrected chi connectivity index (χ2v) is 13.7. The Bertz CT molecular complexity index is 1820. The highest BCUT2D eigenvalue weighted by atomic mass is 16.3. The zero-order valence-electron chi connectivity index (χ0n) is 29.1. The monoisotopic (exact) mass is 644 g/mol. The lowest BCUT2D eigenvalue weighted by Gasteiger charge is -2.07. The maximum atomic E-state index is 6.59. The molecule has 6 aromatic rings. The van der Waals surface area contributed by atoms with Crippen molar-refractivity contribution in [2.45, 2.75) is 84.5 Å². The molecule has 49 heavy (non-hydrogen) atoms. The molecule has 0 radical (unpaired) electrons. The molecule has 0 saturated heterocycles. The molecule has 4 aromatic carbocycles. The molecule has 248 valence electrons. The summed E-state index contributed by atoms with van der Waals surface area (Å²) >= 11 is 0. The van der Waals surface area contributed by atoms with Gasteiger partial charge in [0.05, 0.1) is 0 Å². The van der Waals surface area contributed by atoms with E-state index in [1.165, 1.54) is 52.6 Å². The maximum absolute atomic E-state index is 6.59. The van der Waals surface area contributed by atoms with Crippen molar-refractivity contribution in [2.24, 2.45) is 0 Å². The number of furan rings is 2. The van der Waals surface area contributed by atoms with Gasteiger partial charge in [-0.05, 0) is 96.9 Å². The zero-order valence-corrected chi connectivity index (χ0v) is 29.1. The smallest absolute Gasteiger partial charge is 0.137 e. The minimum atomic E-state index is 0.939. The van der Waals surface area contributed by atoms with Gasteiger partial charge in [-0.25, -0.2) is 0 Å². The first-order valence-corrected chi connectivity index (χ1v) is 18.5. The summed E-state index contributed by atoms with van der Waals surface area (Å²) in [5.74, 6) is 3.91. The Hall–Kier alpha value is -4.82. The minimum absolute atomic E-state index is 0.939. The van der Waals surface area contributed by atoms with Crippen LogP contribution in [0.1, 0.15) is 92.2 Å². The van der Waals surface area contributed by atoms with Crippen LogP contribution in [0.3, 0.4) is 0 Å². The SMILES string of the molecule is CCCCc1cc2oc1-c1ccc(cc1)CCCCCc1ccc(cc1)-c1oc(cc1CCCC)-c1ccc(cc1)/C=C\c1ccc-2cc1. The predicted molar refractivity (Wildman–Crippen MR) is 207 cm³/mol. The van der Waals surface area contributed by atoms with E-state index in [2.05, 4.69) is 135 Å². The molecule has 0 spiro atoms. The molecule has 7 aliphatic rings. The Morgan fingerprint density at radius 3 is 1.22 bits per heavy atom. The van der Waals surface area contributed by atoms with Crippen molar-refractivity contribution < 1.29 is 8.83 Å². The van der Waals surface area contributed by atoms with E-state index < -0.39 is 0 Å². The Kier molecular flexibility index (Phi) is 10.4. The Balaban J connectivity index is 1.20. The zero-order chi connectivity index (χ0) is 33.4. The Morgan fingerprint density at radius 2 is 0.837 bits per heavy atom. The van der Waals surface area contributed by atoms with Crippen molar-refractivity contribution in [3.8, 4) is 45.3 Å². The van der Waals surface area contributed by atoms with Gasteiger partial charge in [0.1, 0.15) is 23.0 Å². The molecule has 0 unspecified atom stereocenters. The average molecular weight is 645 g/mol. The number of hydrogen-bond acceptors (Lipinski definition) is 2. The van der Waals surface area contributed by atoms with Crippen LogP contribution in [-0.4, -0.2) is 0 Å². The third-order valence-electron chi connectivity index (χ3n) is 9.94. The van der Waals surface area contributed by atoms with Crippen LogP contribution >= 0.6 is 0 Å². The van der Waals surface area contributed by atoms with Gasteiger partial charge >= 0.3 is 0 Å².